The monoisotopic (exact) mass is 520 g/mol. The highest BCUT2D eigenvalue weighted by molar-refractivity contribution is 5.98. The van der Waals surface area contributed by atoms with Gasteiger partial charge in [-0.3, -0.25) is 9.59 Å². The molecular weight excluding hydrogens is 484 g/mol. The summed E-state index contributed by atoms with van der Waals surface area (Å²) in [6, 6.07) is 11.2. The van der Waals surface area contributed by atoms with Gasteiger partial charge in [-0.15, -0.1) is 0 Å². The van der Waals surface area contributed by atoms with Crippen molar-refractivity contribution in [3.63, 3.8) is 0 Å². The molecule has 0 radical (unpaired) electrons. The van der Waals surface area contributed by atoms with E-state index in [4.69, 9.17) is 5.73 Å². The molecule has 2 aromatic rings. The number of carbonyl (C=O) groups excluding carboxylic acids is 3. The van der Waals surface area contributed by atoms with Crippen molar-refractivity contribution < 1.29 is 19.5 Å². The van der Waals surface area contributed by atoms with Crippen LogP contribution in [0.25, 0.3) is 0 Å². The Balaban J connectivity index is 1.27. The van der Waals surface area contributed by atoms with Crippen LogP contribution in [0.15, 0.2) is 42.5 Å². The number of nitrogen functional groups attached to an aromatic ring is 1. The Morgan fingerprint density at radius 1 is 0.947 bits per heavy atom. The topological polar surface area (TPSA) is 131 Å². The van der Waals surface area contributed by atoms with E-state index >= 15 is 0 Å². The largest absolute Gasteiger partial charge is 0.399 e. The van der Waals surface area contributed by atoms with Gasteiger partial charge in [0.25, 0.3) is 5.91 Å². The fourth-order valence-corrected chi connectivity index (χ4v) is 5.54. The number of nitrogens with zero attached hydrogens (tertiary/aromatic N) is 3. The maximum absolute atomic E-state index is 13.3. The number of β-amino-alcohol motifs (C(OH)–C–C–N with tert-alkyl or cyclic N) is 1. The summed E-state index contributed by atoms with van der Waals surface area (Å²) in [5, 5.41) is 16.3. The first kappa shape index (κ1) is 25.8. The number of hydrogen-bond donors (Lipinski definition) is 4. The van der Waals surface area contributed by atoms with Crippen LogP contribution in [0.2, 0.25) is 0 Å². The highest BCUT2D eigenvalue weighted by Crippen LogP contribution is 2.31. The zero-order chi connectivity index (χ0) is 26.6. The summed E-state index contributed by atoms with van der Waals surface area (Å²) in [5.41, 5.74) is 9.23. The van der Waals surface area contributed by atoms with Crippen LogP contribution >= 0.6 is 0 Å². The van der Waals surface area contributed by atoms with Crippen LogP contribution in [0.3, 0.4) is 0 Å². The van der Waals surface area contributed by atoms with E-state index in [2.05, 4.69) is 15.5 Å². The van der Waals surface area contributed by atoms with Gasteiger partial charge in [0.15, 0.2) is 5.78 Å². The molecule has 0 saturated carbocycles. The van der Waals surface area contributed by atoms with Gasteiger partial charge >= 0.3 is 6.03 Å². The molecule has 38 heavy (non-hydrogen) atoms. The Bertz CT molecular complexity index is 1170. The fraction of sp³-hybridized carbons (Fsp3) is 0.464. The molecule has 3 amide bonds. The number of nitrogens with one attached hydrogen (secondary N) is 2. The molecule has 10 heteroatoms. The van der Waals surface area contributed by atoms with Crippen molar-refractivity contribution in [2.45, 2.75) is 44.2 Å². The van der Waals surface area contributed by atoms with E-state index in [1.807, 2.05) is 23.1 Å². The summed E-state index contributed by atoms with van der Waals surface area (Å²) in [6.45, 7) is 3.48. The maximum Gasteiger partial charge on any atom is 0.322 e. The number of carbonyl (C=O) groups is 3. The van der Waals surface area contributed by atoms with Gasteiger partial charge in [0.1, 0.15) is 0 Å². The first-order valence-corrected chi connectivity index (χ1v) is 13.4. The molecule has 0 unspecified atom stereocenters. The fourth-order valence-electron chi connectivity index (χ4n) is 5.54. The predicted molar refractivity (Wildman–Crippen MR) is 148 cm³/mol. The van der Waals surface area contributed by atoms with Crippen molar-refractivity contribution in [1.82, 2.24) is 9.80 Å². The van der Waals surface area contributed by atoms with Crippen LogP contribution < -0.4 is 21.3 Å². The Kier molecular flexibility index (Phi) is 7.69. The lowest BCUT2D eigenvalue weighted by Gasteiger charge is -2.26. The van der Waals surface area contributed by atoms with Crippen molar-refractivity contribution in [1.29, 1.82) is 0 Å². The number of anilines is 4. The zero-order valence-electron chi connectivity index (χ0n) is 21.6. The number of ketones is 1. The number of aliphatic hydroxyl groups is 1. The van der Waals surface area contributed by atoms with Crippen LogP contribution in [0.5, 0.6) is 0 Å². The SMILES string of the molecule is Nc1ccc(NC(=O)N2C[C@H](O)C[C@@H]2C(=O)CNc2ccc(C(=O)N3CCCC3)cc2N2CCCC2)cc1. The van der Waals surface area contributed by atoms with E-state index in [0.29, 0.717) is 16.9 Å². The number of benzene rings is 2. The molecule has 0 spiro atoms. The molecule has 10 nitrogen and oxygen atoms in total. The quantitative estimate of drug-likeness (QED) is 0.413. The zero-order valence-corrected chi connectivity index (χ0v) is 21.6. The highest BCUT2D eigenvalue weighted by Gasteiger charge is 2.38. The number of amides is 3. The van der Waals surface area contributed by atoms with Crippen molar-refractivity contribution in [2.24, 2.45) is 0 Å². The number of hydrogen-bond acceptors (Lipinski definition) is 7. The molecule has 202 valence electrons. The lowest BCUT2D eigenvalue weighted by molar-refractivity contribution is -0.120. The van der Waals surface area contributed by atoms with E-state index < -0.39 is 18.2 Å². The minimum absolute atomic E-state index is 0.00327. The second kappa shape index (κ2) is 11.3. The Labute approximate surface area is 222 Å². The molecule has 5 rings (SSSR count). The van der Waals surface area contributed by atoms with E-state index in [1.165, 1.54) is 4.90 Å². The molecule has 3 heterocycles. The van der Waals surface area contributed by atoms with Gasteiger partial charge in [-0.05, 0) is 68.1 Å². The van der Waals surface area contributed by atoms with Crippen molar-refractivity contribution >= 4 is 40.5 Å². The third-order valence-corrected chi connectivity index (χ3v) is 7.61. The van der Waals surface area contributed by atoms with Crippen molar-refractivity contribution in [3.8, 4) is 0 Å². The van der Waals surface area contributed by atoms with E-state index in [0.717, 1.165) is 63.2 Å². The number of Topliss-reactive ketones (excluding diaryl/α,β-unsaturated/α-hetero) is 1. The van der Waals surface area contributed by atoms with Gasteiger partial charge in [-0.2, -0.15) is 0 Å². The number of rotatable bonds is 7. The number of likely N-dealkylation sites (tertiary alicyclic amines) is 2. The molecule has 2 aromatic carbocycles. The van der Waals surface area contributed by atoms with Crippen LogP contribution in [0.4, 0.5) is 27.5 Å². The lowest BCUT2D eigenvalue weighted by Crippen LogP contribution is -2.44. The van der Waals surface area contributed by atoms with Gasteiger partial charge in [-0.25, -0.2) is 4.79 Å². The third-order valence-electron chi connectivity index (χ3n) is 7.61. The predicted octanol–water partition coefficient (Wildman–Crippen LogP) is 2.75. The van der Waals surface area contributed by atoms with Gasteiger partial charge in [0.2, 0.25) is 0 Å². The van der Waals surface area contributed by atoms with E-state index in [-0.39, 0.29) is 31.2 Å². The average Bonchev–Trinajstić information content (AvgIpc) is 3.70. The smallest absolute Gasteiger partial charge is 0.322 e. The number of aliphatic hydroxyl groups excluding tert-OH is 1. The normalized spacial score (nSPS) is 21.1. The second-order valence-electron chi connectivity index (χ2n) is 10.4. The van der Waals surface area contributed by atoms with Gasteiger partial charge < -0.3 is 36.2 Å². The first-order chi connectivity index (χ1) is 18.4. The average molecular weight is 521 g/mol. The van der Waals surface area contributed by atoms with E-state index in [9.17, 15) is 19.5 Å². The van der Waals surface area contributed by atoms with Crippen LogP contribution in [-0.4, -0.2) is 84.0 Å². The Morgan fingerprint density at radius 3 is 2.34 bits per heavy atom. The summed E-state index contributed by atoms with van der Waals surface area (Å²) in [5.74, 6) is -0.133. The van der Waals surface area contributed by atoms with Gasteiger partial charge in [-0.1, -0.05) is 0 Å². The standard InChI is InChI=1S/C28H36N6O4/c29-20-6-8-21(9-7-20)31-28(38)34-18-22(35)16-25(34)26(36)17-30-23-10-5-19(27(37)33-13-3-4-14-33)15-24(23)32-11-1-2-12-32/h5-10,15,22,25,30,35H,1-4,11-14,16-18,29H2,(H,31,38)/t22-,25-/m1/s1. The first-order valence-electron chi connectivity index (χ1n) is 13.4. The minimum atomic E-state index is -0.767. The number of nitrogens with two attached hydrogens (primary N) is 1. The Morgan fingerprint density at radius 2 is 1.63 bits per heavy atom. The molecule has 0 aliphatic carbocycles. The highest BCUT2D eigenvalue weighted by atomic mass is 16.3. The molecule has 0 aromatic heterocycles. The molecule has 0 bridgehead atoms. The van der Waals surface area contributed by atoms with Crippen LogP contribution in [0.1, 0.15) is 42.5 Å². The molecule has 3 saturated heterocycles. The molecule has 2 atom stereocenters. The Hall–Kier alpha value is -3.79. The molecule has 3 fully saturated rings. The maximum atomic E-state index is 13.3. The third kappa shape index (κ3) is 5.70. The summed E-state index contributed by atoms with van der Waals surface area (Å²) < 4.78 is 0. The summed E-state index contributed by atoms with van der Waals surface area (Å²) in [4.78, 5) is 44.7. The van der Waals surface area contributed by atoms with Crippen LogP contribution in [0, 0.1) is 0 Å². The van der Waals surface area contributed by atoms with Crippen LogP contribution in [-0.2, 0) is 4.79 Å². The van der Waals surface area contributed by atoms with Gasteiger partial charge in [0, 0.05) is 56.1 Å². The molecule has 3 aliphatic heterocycles. The lowest BCUT2D eigenvalue weighted by atomic mass is 10.1. The van der Waals surface area contributed by atoms with Crippen molar-refractivity contribution in [2.75, 3.05) is 60.5 Å². The van der Waals surface area contributed by atoms with E-state index in [1.54, 1.807) is 24.3 Å². The van der Waals surface area contributed by atoms with Crippen molar-refractivity contribution in [3.05, 3.63) is 48.0 Å². The summed E-state index contributed by atoms with van der Waals surface area (Å²) in [6.07, 6.45) is 3.67. The second-order valence-corrected chi connectivity index (χ2v) is 10.4. The number of urea groups is 1. The minimum Gasteiger partial charge on any atom is -0.399 e. The summed E-state index contributed by atoms with van der Waals surface area (Å²) in [7, 11) is 0. The molecule has 5 N–H and O–H groups in total. The summed E-state index contributed by atoms with van der Waals surface area (Å²) >= 11 is 0. The molecule has 3 aliphatic rings. The molecular formula is C28H36N6O4. The van der Waals surface area contributed by atoms with Gasteiger partial charge in [0.05, 0.1) is 30.1 Å².